The molecule has 0 spiro atoms. The summed E-state index contributed by atoms with van der Waals surface area (Å²) in [6.07, 6.45) is 7.21. The predicted octanol–water partition coefficient (Wildman–Crippen LogP) is 2.50. The molecule has 2 nitrogen and oxygen atoms in total. The van der Waals surface area contributed by atoms with Crippen molar-refractivity contribution in [1.29, 1.82) is 0 Å². The van der Waals surface area contributed by atoms with Gasteiger partial charge in [0, 0.05) is 12.7 Å². The fraction of sp³-hybridized carbons (Fsp3) is 0.583. The molecule has 1 radical (unpaired) electrons. The Morgan fingerprint density at radius 1 is 1.29 bits per heavy atom. The molecule has 1 aromatic rings. The molecule has 0 atom stereocenters. The van der Waals surface area contributed by atoms with Gasteiger partial charge in [0.25, 0.3) is 0 Å². The van der Waals surface area contributed by atoms with E-state index in [4.69, 9.17) is 0 Å². The van der Waals surface area contributed by atoms with E-state index in [0.29, 0.717) is 0 Å². The summed E-state index contributed by atoms with van der Waals surface area (Å²) in [7, 11) is 0. The zero-order valence-corrected chi connectivity index (χ0v) is 9.16. The first kappa shape index (κ1) is 11.2. The van der Waals surface area contributed by atoms with Gasteiger partial charge in [-0.2, -0.15) is 0 Å². The van der Waals surface area contributed by atoms with E-state index in [-0.39, 0.29) is 0 Å². The van der Waals surface area contributed by atoms with Gasteiger partial charge < -0.3 is 0 Å². The molecule has 2 heteroatoms. The van der Waals surface area contributed by atoms with E-state index in [1.54, 1.807) is 6.20 Å². The molecule has 0 aliphatic rings. The van der Waals surface area contributed by atoms with Gasteiger partial charge in [-0.25, -0.2) is 0 Å². The first-order chi connectivity index (χ1) is 6.86. The maximum atomic E-state index is 4.01. The number of nitrogens with zero attached hydrogens (tertiary/aromatic N) is 2. The second-order valence-corrected chi connectivity index (χ2v) is 3.55. The van der Waals surface area contributed by atoms with Crippen LogP contribution in [0.1, 0.15) is 32.3 Å². The molecular formula is C12H19N2. The van der Waals surface area contributed by atoms with Crippen LogP contribution in [0.25, 0.3) is 0 Å². The smallest absolute Gasteiger partial charge is 0.0934 e. The van der Waals surface area contributed by atoms with Crippen LogP contribution in [0.4, 0.5) is 0 Å². The number of rotatable bonds is 6. The Morgan fingerprint density at radius 2 is 2.00 bits per heavy atom. The Morgan fingerprint density at radius 3 is 2.50 bits per heavy atom. The van der Waals surface area contributed by atoms with Crippen molar-refractivity contribution in [2.24, 2.45) is 0 Å². The fourth-order valence-electron chi connectivity index (χ4n) is 1.59. The summed E-state index contributed by atoms with van der Waals surface area (Å²) in [5.74, 6) is 0. The van der Waals surface area contributed by atoms with Crippen LogP contribution in [0.15, 0.2) is 18.3 Å². The lowest BCUT2D eigenvalue weighted by Crippen LogP contribution is -2.24. The molecule has 0 saturated heterocycles. The first-order valence-corrected chi connectivity index (χ1v) is 5.40. The first-order valence-electron chi connectivity index (χ1n) is 5.40. The van der Waals surface area contributed by atoms with Gasteiger partial charge in [-0.1, -0.05) is 19.9 Å². The van der Waals surface area contributed by atoms with Gasteiger partial charge in [0.15, 0.2) is 0 Å². The average molecular weight is 191 g/mol. The van der Waals surface area contributed by atoms with E-state index in [0.717, 1.165) is 19.6 Å². The molecule has 0 aromatic carbocycles. The summed E-state index contributed by atoms with van der Waals surface area (Å²) in [5, 5.41) is 0. The zero-order valence-electron chi connectivity index (χ0n) is 9.16. The lowest BCUT2D eigenvalue weighted by molar-refractivity contribution is 0.266. The normalized spacial score (nSPS) is 10.8. The molecule has 0 aliphatic carbocycles. The van der Waals surface area contributed by atoms with Crippen molar-refractivity contribution >= 4 is 0 Å². The second-order valence-electron chi connectivity index (χ2n) is 3.55. The molecule has 0 amide bonds. The third-order valence-corrected chi connectivity index (χ3v) is 2.14. The van der Waals surface area contributed by atoms with E-state index in [9.17, 15) is 0 Å². The number of hydrogen-bond donors (Lipinski definition) is 0. The van der Waals surface area contributed by atoms with Gasteiger partial charge in [-0.3, -0.25) is 9.88 Å². The van der Waals surface area contributed by atoms with Crippen LogP contribution in [-0.4, -0.2) is 23.0 Å². The highest BCUT2D eigenvalue weighted by molar-refractivity contribution is 5.06. The number of hydrogen-bond acceptors (Lipinski definition) is 2. The Hall–Kier alpha value is -0.890. The van der Waals surface area contributed by atoms with Crippen molar-refractivity contribution in [3.63, 3.8) is 0 Å². The highest BCUT2D eigenvalue weighted by atomic mass is 15.1. The lowest BCUT2D eigenvalue weighted by atomic mass is 10.2. The summed E-state index contributed by atoms with van der Waals surface area (Å²) < 4.78 is 0. The van der Waals surface area contributed by atoms with Crippen molar-refractivity contribution in [2.75, 3.05) is 13.1 Å². The van der Waals surface area contributed by atoms with E-state index in [1.165, 1.54) is 18.4 Å². The summed E-state index contributed by atoms with van der Waals surface area (Å²) >= 11 is 0. The minimum atomic E-state index is 0.982. The molecule has 0 aliphatic heterocycles. The molecule has 0 saturated carbocycles. The van der Waals surface area contributed by atoms with Crippen LogP contribution >= 0.6 is 0 Å². The Balaban J connectivity index is 2.46. The van der Waals surface area contributed by atoms with Gasteiger partial charge in [0.2, 0.25) is 0 Å². The van der Waals surface area contributed by atoms with Crippen molar-refractivity contribution < 1.29 is 0 Å². The summed E-state index contributed by atoms with van der Waals surface area (Å²) in [6.45, 7) is 7.74. The van der Waals surface area contributed by atoms with E-state index >= 15 is 0 Å². The van der Waals surface area contributed by atoms with Gasteiger partial charge in [0.05, 0.1) is 6.20 Å². The van der Waals surface area contributed by atoms with Crippen LogP contribution < -0.4 is 0 Å². The molecule has 1 aromatic heterocycles. The van der Waals surface area contributed by atoms with Crippen LogP contribution in [0.2, 0.25) is 0 Å². The average Bonchev–Trinajstić information content (AvgIpc) is 2.20. The molecular weight excluding hydrogens is 172 g/mol. The molecule has 14 heavy (non-hydrogen) atoms. The van der Waals surface area contributed by atoms with Crippen LogP contribution in [-0.2, 0) is 6.54 Å². The van der Waals surface area contributed by atoms with E-state index in [1.807, 2.05) is 6.07 Å². The topological polar surface area (TPSA) is 16.1 Å². The van der Waals surface area contributed by atoms with Gasteiger partial charge in [0.1, 0.15) is 0 Å². The minimum Gasteiger partial charge on any atom is -0.299 e. The summed E-state index contributed by atoms with van der Waals surface area (Å²) in [6, 6.07) is 4.06. The maximum Gasteiger partial charge on any atom is 0.0934 e. The maximum absolute atomic E-state index is 4.01. The lowest BCUT2D eigenvalue weighted by Gasteiger charge is -2.20. The molecule has 0 fully saturated rings. The Bertz CT molecular complexity index is 227. The standard InChI is InChI=1S/C12H19N2/c1-3-8-14(9-4-2)11-12-6-5-7-13-10-12/h5-7H,3-4,8-9,11H2,1-2H3. The van der Waals surface area contributed by atoms with Crippen molar-refractivity contribution in [2.45, 2.75) is 33.2 Å². The number of aromatic nitrogens is 1. The van der Waals surface area contributed by atoms with Gasteiger partial charge in [-0.15, -0.1) is 0 Å². The third kappa shape index (κ3) is 3.88. The van der Waals surface area contributed by atoms with Crippen molar-refractivity contribution in [3.8, 4) is 0 Å². The second kappa shape index (κ2) is 6.55. The predicted molar refractivity (Wildman–Crippen MR) is 58.9 cm³/mol. The number of pyridine rings is 1. The molecule has 77 valence electrons. The summed E-state index contributed by atoms with van der Waals surface area (Å²) in [4.78, 5) is 6.46. The highest BCUT2D eigenvalue weighted by Crippen LogP contribution is 2.03. The molecule has 1 heterocycles. The third-order valence-electron chi connectivity index (χ3n) is 2.14. The SMILES string of the molecule is CCCN(CCC)Cc1[c]nccc1. The quantitative estimate of drug-likeness (QED) is 0.687. The summed E-state index contributed by atoms with van der Waals surface area (Å²) in [5.41, 5.74) is 1.19. The molecule has 0 bridgehead atoms. The van der Waals surface area contributed by atoms with Crippen molar-refractivity contribution in [3.05, 3.63) is 30.1 Å². The Labute approximate surface area is 87.0 Å². The van der Waals surface area contributed by atoms with E-state index in [2.05, 4.69) is 36.0 Å². The van der Waals surface area contributed by atoms with Crippen LogP contribution in [0.5, 0.6) is 0 Å². The van der Waals surface area contributed by atoms with Crippen molar-refractivity contribution in [1.82, 2.24) is 9.88 Å². The van der Waals surface area contributed by atoms with Crippen LogP contribution in [0.3, 0.4) is 0 Å². The Kier molecular flexibility index (Phi) is 5.23. The van der Waals surface area contributed by atoms with E-state index < -0.39 is 0 Å². The minimum absolute atomic E-state index is 0.982. The molecule has 0 unspecified atom stereocenters. The molecule has 1 rings (SSSR count). The van der Waals surface area contributed by atoms with Crippen LogP contribution in [0, 0.1) is 6.20 Å². The van der Waals surface area contributed by atoms with Gasteiger partial charge >= 0.3 is 0 Å². The highest BCUT2D eigenvalue weighted by Gasteiger charge is 2.03. The zero-order chi connectivity index (χ0) is 10.2. The fourth-order valence-corrected chi connectivity index (χ4v) is 1.59. The molecule has 0 N–H and O–H groups in total. The largest absolute Gasteiger partial charge is 0.299 e. The van der Waals surface area contributed by atoms with Gasteiger partial charge in [-0.05, 0) is 37.6 Å². The monoisotopic (exact) mass is 191 g/mol.